The number of anilines is 1. The first-order valence-electron chi connectivity index (χ1n) is 5.61. The summed E-state index contributed by atoms with van der Waals surface area (Å²) in [6.45, 7) is 6.52. The molecule has 90 valence electrons. The molecule has 1 aromatic carbocycles. The smallest absolute Gasteiger partial charge is 0.146 e. The van der Waals surface area contributed by atoms with E-state index < -0.39 is 0 Å². The van der Waals surface area contributed by atoms with Gasteiger partial charge in [-0.15, -0.1) is 0 Å². The number of hydrogen-bond donors (Lipinski definition) is 2. The van der Waals surface area contributed by atoms with Crippen LogP contribution in [0.2, 0.25) is 0 Å². The molecule has 3 heteroatoms. The van der Waals surface area contributed by atoms with Crippen molar-refractivity contribution in [2.24, 2.45) is 5.41 Å². The van der Waals surface area contributed by atoms with Crippen molar-refractivity contribution in [3.8, 4) is 0 Å². The van der Waals surface area contributed by atoms with Crippen LogP contribution in [0.5, 0.6) is 0 Å². The molecule has 0 heterocycles. The van der Waals surface area contributed by atoms with Crippen LogP contribution in [0.15, 0.2) is 18.2 Å². The molecule has 2 nitrogen and oxygen atoms in total. The normalized spacial score (nSPS) is 14.6. The average molecular weight is 225 g/mol. The number of aryl methyl sites for hydroxylation is 1. The number of hydrogen-bond acceptors (Lipinski definition) is 2. The highest BCUT2D eigenvalue weighted by Crippen LogP contribution is 2.22. The van der Waals surface area contributed by atoms with E-state index in [1.165, 1.54) is 6.07 Å². The lowest BCUT2D eigenvalue weighted by Gasteiger charge is -2.26. The van der Waals surface area contributed by atoms with Gasteiger partial charge in [-0.1, -0.05) is 19.9 Å². The quantitative estimate of drug-likeness (QED) is 0.807. The molecule has 1 unspecified atom stereocenters. The Kier molecular flexibility index (Phi) is 4.30. The first-order valence-corrected chi connectivity index (χ1v) is 5.61. The van der Waals surface area contributed by atoms with Gasteiger partial charge in [-0.2, -0.15) is 0 Å². The SMILES string of the molecule is CCC(C)(CO)CNc1ccc(C)cc1F. The van der Waals surface area contributed by atoms with E-state index >= 15 is 0 Å². The van der Waals surface area contributed by atoms with Gasteiger partial charge in [-0.25, -0.2) is 4.39 Å². The van der Waals surface area contributed by atoms with Crippen molar-refractivity contribution >= 4 is 5.69 Å². The maximum absolute atomic E-state index is 13.5. The van der Waals surface area contributed by atoms with Gasteiger partial charge in [0.2, 0.25) is 0 Å². The van der Waals surface area contributed by atoms with Crippen LogP contribution in [0.1, 0.15) is 25.8 Å². The molecule has 1 rings (SSSR count). The van der Waals surface area contributed by atoms with Crippen LogP contribution in [0.4, 0.5) is 10.1 Å². The molecule has 16 heavy (non-hydrogen) atoms. The number of nitrogens with one attached hydrogen (secondary N) is 1. The van der Waals surface area contributed by atoms with E-state index in [1.54, 1.807) is 6.07 Å². The Balaban J connectivity index is 2.67. The fraction of sp³-hybridized carbons (Fsp3) is 0.538. The summed E-state index contributed by atoms with van der Waals surface area (Å²) >= 11 is 0. The molecule has 0 amide bonds. The molecule has 2 N–H and O–H groups in total. The number of halogens is 1. The fourth-order valence-electron chi connectivity index (χ4n) is 1.36. The lowest BCUT2D eigenvalue weighted by molar-refractivity contribution is 0.149. The van der Waals surface area contributed by atoms with E-state index in [0.717, 1.165) is 12.0 Å². The molecule has 0 aliphatic carbocycles. The second kappa shape index (κ2) is 5.30. The molecule has 0 bridgehead atoms. The summed E-state index contributed by atoms with van der Waals surface area (Å²) in [5.74, 6) is -0.239. The summed E-state index contributed by atoms with van der Waals surface area (Å²) < 4.78 is 13.5. The van der Waals surface area contributed by atoms with Crippen LogP contribution < -0.4 is 5.32 Å². The summed E-state index contributed by atoms with van der Waals surface area (Å²) in [4.78, 5) is 0. The average Bonchev–Trinajstić information content (AvgIpc) is 2.27. The number of aliphatic hydroxyl groups is 1. The lowest BCUT2D eigenvalue weighted by Crippen LogP contribution is -2.29. The Labute approximate surface area is 96.5 Å². The minimum absolute atomic E-state index is 0.101. The van der Waals surface area contributed by atoms with E-state index in [-0.39, 0.29) is 17.8 Å². The highest BCUT2D eigenvalue weighted by molar-refractivity contribution is 5.46. The Morgan fingerprint density at radius 1 is 1.44 bits per heavy atom. The third-order valence-electron chi connectivity index (χ3n) is 3.07. The van der Waals surface area contributed by atoms with Gasteiger partial charge in [0.1, 0.15) is 5.82 Å². The Hall–Kier alpha value is -1.09. The van der Waals surface area contributed by atoms with Crippen molar-refractivity contribution in [1.29, 1.82) is 0 Å². The summed E-state index contributed by atoms with van der Waals surface area (Å²) in [7, 11) is 0. The minimum atomic E-state index is -0.239. The van der Waals surface area contributed by atoms with Gasteiger partial charge in [-0.3, -0.25) is 0 Å². The molecule has 0 fully saturated rings. The van der Waals surface area contributed by atoms with Gasteiger partial charge < -0.3 is 10.4 Å². The third-order valence-corrected chi connectivity index (χ3v) is 3.07. The van der Waals surface area contributed by atoms with E-state index in [1.807, 2.05) is 26.8 Å². The largest absolute Gasteiger partial charge is 0.396 e. The maximum atomic E-state index is 13.5. The van der Waals surface area contributed by atoms with Gasteiger partial charge >= 0.3 is 0 Å². The van der Waals surface area contributed by atoms with Crippen molar-refractivity contribution in [2.75, 3.05) is 18.5 Å². The predicted molar refractivity (Wildman–Crippen MR) is 65.1 cm³/mol. The predicted octanol–water partition coefficient (Wildman–Crippen LogP) is 2.95. The van der Waals surface area contributed by atoms with Crippen LogP contribution in [0.25, 0.3) is 0 Å². The highest BCUT2D eigenvalue weighted by atomic mass is 19.1. The van der Waals surface area contributed by atoms with Crippen LogP contribution >= 0.6 is 0 Å². The molecule has 0 aliphatic heterocycles. The highest BCUT2D eigenvalue weighted by Gasteiger charge is 2.20. The molecule has 1 atom stereocenters. The molecule has 0 aliphatic rings. The van der Waals surface area contributed by atoms with Crippen LogP contribution in [-0.4, -0.2) is 18.3 Å². The van der Waals surface area contributed by atoms with Crippen molar-refractivity contribution in [3.05, 3.63) is 29.6 Å². The Bertz CT molecular complexity index is 348. The van der Waals surface area contributed by atoms with Crippen LogP contribution in [0, 0.1) is 18.2 Å². The molecule has 0 saturated carbocycles. The van der Waals surface area contributed by atoms with E-state index in [4.69, 9.17) is 0 Å². The monoisotopic (exact) mass is 225 g/mol. The Morgan fingerprint density at radius 3 is 2.62 bits per heavy atom. The van der Waals surface area contributed by atoms with Gasteiger partial charge in [0, 0.05) is 12.0 Å². The molecule has 0 spiro atoms. The lowest BCUT2D eigenvalue weighted by atomic mass is 9.88. The standard InChI is InChI=1S/C13H20FNO/c1-4-13(3,9-16)8-15-12-6-5-10(2)7-11(12)14/h5-7,15-16H,4,8-9H2,1-3H3. The first kappa shape index (κ1) is 13.0. The zero-order chi connectivity index (χ0) is 12.2. The topological polar surface area (TPSA) is 32.3 Å². The van der Waals surface area contributed by atoms with Crippen LogP contribution in [-0.2, 0) is 0 Å². The summed E-state index contributed by atoms with van der Waals surface area (Å²) in [6.07, 6.45) is 0.851. The third kappa shape index (κ3) is 3.20. The molecule has 0 radical (unpaired) electrons. The van der Waals surface area contributed by atoms with Crippen LogP contribution in [0.3, 0.4) is 0 Å². The van der Waals surface area contributed by atoms with E-state index in [0.29, 0.717) is 12.2 Å². The second-order valence-electron chi connectivity index (χ2n) is 4.66. The molecular weight excluding hydrogens is 205 g/mol. The van der Waals surface area contributed by atoms with E-state index in [2.05, 4.69) is 5.32 Å². The second-order valence-corrected chi connectivity index (χ2v) is 4.66. The van der Waals surface area contributed by atoms with Crippen molar-refractivity contribution in [1.82, 2.24) is 0 Å². The molecule has 1 aromatic rings. The zero-order valence-corrected chi connectivity index (χ0v) is 10.2. The van der Waals surface area contributed by atoms with E-state index in [9.17, 15) is 9.50 Å². The van der Waals surface area contributed by atoms with Crippen molar-refractivity contribution < 1.29 is 9.50 Å². The summed E-state index contributed by atoms with van der Waals surface area (Å²) in [6, 6.07) is 5.11. The number of benzene rings is 1. The van der Waals surface area contributed by atoms with Gasteiger partial charge in [0.25, 0.3) is 0 Å². The van der Waals surface area contributed by atoms with Gasteiger partial charge in [0.15, 0.2) is 0 Å². The number of aliphatic hydroxyl groups excluding tert-OH is 1. The molecule has 0 aromatic heterocycles. The van der Waals surface area contributed by atoms with Gasteiger partial charge in [0.05, 0.1) is 12.3 Å². The van der Waals surface area contributed by atoms with Gasteiger partial charge in [-0.05, 0) is 31.0 Å². The molecule has 0 saturated heterocycles. The minimum Gasteiger partial charge on any atom is -0.396 e. The number of rotatable bonds is 5. The summed E-state index contributed by atoms with van der Waals surface area (Å²) in [5, 5.41) is 12.3. The maximum Gasteiger partial charge on any atom is 0.146 e. The fourth-order valence-corrected chi connectivity index (χ4v) is 1.36. The zero-order valence-electron chi connectivity index (χ0n) is 10.2. The summed E-state index contributed by atoms with van der Waals surface area (Å²) in [5.41, 5.74) is 1.21. The molecular formula is C13H20FNO. The first-order chi connectivity index (χ1) is 7.50. The Morgan fingerprint density at radius 2 is 2.12 bits per heavy atom. The van der Waals surface area contributed by atoms with Crippen molar-refractivity contribution in [2.45, 2.75) is 27.2 Å². The van der Waals surface area contributed by atoms with Crippen molar-refractivity contribution in [3.63, 3.8) is 0 Å².